The van der Waals surface area contributed by atoms with Gasteiger partial charge in [0, 0.05) is 32.1 Å². The number of ether oxygens (including phenoxy) is 1. The minimum Gasteiger partial charge on any atom is -0.488 e. The van der Waals surface area contributed by atoms with Gasteiger partial charge in [-0.05, 0) is 31.5 Å². The summed E-state index contributed by atoms with van der Waals surface area (Å²) in [4.78, 5) is 10.7. The van der Waals surface area contributed by atoms with Crippen LogP contribution in [-0.2, 0) is 0 Å². The van der Waals surface area contributed by atoms with Gasteiger partial charge in [0.05, 0.1) is 17.3 Å². The lowest BCUT2D eigenvalue weighted by Gasteiger charge is -2.29. The highest BCUT2D eigenvalue weighted by Crippen LogP contribution is 2.46. The molecule has 1 atom stereocenters. The number of halogens is 1. The van der Waals surface area contributed by atoms with E-state index >= 15 is 4.39 Å². The Kier molecular flexibility index (Phi) is 3.84. The molecule has 0 radical (unpaired) electrons. The number of pyridine rings is 1. The highest BCUT2D eigenvalue weighted by Gasteiger charge is 2.33. The van der Waals surface area contributed by atoms with Crippen LogP contribution in [0.2, 0.25) is 0 Å². The molecule has 0 fully saturated rings. The number of nitrogens with zero attached hydrogens (tertiary/aromatic N) is 5. The number of imidazole rings is 1. The monoisotopic (exact) mass is 393 g/mol. The van der Waals surface area contributed by atoms with Crippen LogP contribution in [-0.4, -0.2) is 40.4 Å². The van der Waals surface area contributed by atoms with E-state index in [0.717, 1.165) is 11.1 Å². The molecule has 0 saturated heterocycles. The average molecular weight is 393 g/mol. The number of rotatable bonds is 3. The molecule has 0 saturated carbocycles. The largest absolute Gasteiger partial charge is 0.488 e. The van der Waals surface area contributed by atoms with Crippen molar-refractivity contribution in [3.05, 3.63) is 53.4 Å². The molecule has 5 rings (SSSR count). The molecule has 8 heteroatoms. The van der Waals surface area contributed by atoms with Crippen molar-refractivity contribution in [3.63, 3.8) is 0 Å². The third kappa shape index (κ3) is 2.52. The molecule has 7 nitrogen and oxygen atoms in total. The van der Waals surface area contributed by atoms with Crippen molar-refractivity contribution in [2.24, 2.45) is 0 Å². The Hall–Kier alpha value is -3.42. The summed E-state index contributed by atoms with van der Waals surface area (Å²) in [6, 6.07) is 5.17. The summed E-state index contributed by atoms with van der Waals surface area (Å²) in [5.41, 5.74) is 3.96. The van der Waals surface area contributed by atoms with E-state index in [4.69, 9.17) is 9.26 Å². The van der Waals surface area contributed by atoms with Gasteiger partial charge >= 0.3 is 0 Å². The summed E-state index contributed by atoms with van der Waals surface area (Å²) >= 11 is 0. The van der Waals surface area contributed by atoms with Crippen molar-refractivity contribution in [1.29, 1.82) is 0 Å². The molecule has 0 spiro atoms. The summed E-state index contributed by atoms with van der Waals surface area (Å²) in [5, 5.41) is 4.02. The zero-order chi connectivity index (χ0) is 20.3. The predicted molar refractivity (Wildman–Crippen MR) is 107 cm³/mol. The Bertz CT molecular complexity index is 1210. The summed E-state index contributed by atoms with van der Waals surface area (Å²) in [5.74, 6) is 1.47. The third-order valence-electron chi connectivity index (χ3n) is 5.32. The van der Waals surface area contributed by atoms with Gasteiger partial charge in [0.1, 0.15) is 23.4 Å². The van der Waals surface area contributed by atoms with E-state index in [1.165, 1.54) is 6.07 Å². The normalized spacial score (nSPS) is 15.6. The molecule has 1 aliphatic heterocycles. The van der Waals surface area contributed by atoms with Crippen LogP contribution < -0.4 is 9.64 Å². The SMILES string of the molecule is Cc1noc(C)c1-c1cc(F)c2nc(N(C)C)n3c2c1OC[C@@H]3c1cccnc1. The standard InChI is InChI=1S/C21H20FN5O2/c1-11-17(12(2)29-25-11)14-8-15(22)18-19-20(14)28-10-16(13-6-5-7-23-9-13)27(19)21(24-18)26(3)4/h5-9,16H,10H2,1-4H3/t16-/m1/s1. The molecule has 148 valence electrons. The number of aromatic nitrogens is 4. The molecule has 0 N–H and O–H groups in total. The molecule has 0 unspecified atom stereocenters. The van der Waals surface area contributed by atoms with Gasteiger partial charge in [-0.1, -0.05) is 11.2 Å². The second-order valence-electron chi connectivity index (χ2n) is 7.42. The maximum atomic E-state index is 15.2. The number of aryl methyl sites for hydroxylation is 2. The Morgan fingerprint density at radius 1 is 1.28 bits per heavy atom. The fourth-order valence-corrected chi connectivity index (χ4v) is 4.06. The lowest BCUT2D eigenvalue weighted by molar-refractivity contribution is 0.260. The summed E-state index contributed by atoms with van der Waals surface area (Å²) in [7, 11) is 3.79. The minimum atomic E-state index is -0.406. The van der Waals surface area contributed by atoms with Crippen molar-refractivity contribution in [3.8, 4) is 16.9 Å². The van der Waals surface area contributed by atoms with Crippen LogP contribution in [0.15, 0.2) is 35.1 Å². The first-order valence-electron chi connectivity index (χ1n) is 9.35. The van der Waals surface area contributed by atoms with E-state index in [1.54, 1.807) is 12.4 Å². The topological polar surface area (TPSA) is 69.2 Å². The maximum absolute atomic E-state index is 15.2. The highest BCUT2D eigenvalue weighted by molar-refractivity contribution is 5.94. The van der Waals surface area contributed by atoms with Crippen LogP contribution in [0.1, 0.15) is 23.1 Å². The van der Waals surface area contributed by atoms with Crippen LogP contribution in [0.25, 0.3) is 22.2 Å². The second kappa shape index (κ2) is 6.30. The summed E-state index contributed by atoms with van der Waals surface area (Å²) < 4.78 is 28.8. The number of anilines is 1. The molecule has 0 bridgehead atoms. The lowest BCUT2D eigenvalue weighted by Crippen LogP contribution is -2.27. The van der Waals surface area contributed by atoms with Gasteiger partial charge in [0.15, 0.2) is 11.6 Å². The first-order valence-corrected chi connectivity index (χ1v) is 9.35. The van der Waals surface area contributed by atoms with Crippen LogP contribution >= 0.6 is 0 Å². The summed E-state index contributed by atoms with van der Waals surface area (Å²) in [6.45, 7) is 4.03. The van der Waals surface area contributed by atoms with Gasteiger partial charge in [-0.25, -0.2) is 9.37 Å². The van der Waals surface area contributed by atoms with E-state index in [2.05, 4.69) is 15.1 Å². The fourth-order valence-electron chi connectivity index (χ4n) is 4.06. The van der Waals surface area contributed by atoms with Crippen molar-refractivity contribution in [2.75, 3.05) is 25.6 Å². The molecule has 0 amide bonds. The maximum Gasteiger partial charge on any atom is 0.206 e. The first-order chi connectivity index (χ1) is 14.0. The molecular formula is C21H20FN5O2. The van der Waals surface area contributed by atoms with E-state index in [1.807, 2.05) is 49.5 Å². The van der Waals surface area contributed by atoms with E-state index < -0.39 is 5.82 Å². The van der Waals surface area contributed by atoms with Crippen molar-refractivity contribution in [2.45, 2.75) is 19.9 Å². The quantitative estimate of drug-likeness (QED) is 0.526. The average Bonchev–Trinajstić information content (AvgIpc) is 3.27. The van der Waals surface area contributed by atoms with Gasteiger partial charge in [0.25, 0.3) is 0 Å². The molecule has 0 aliphatic carbocycles. The molecular weight excluding hydrogens is 373 g/mol. The fraction of sp³-hybridized carbons (Fsp3) is 0.286. The van der Waals surface area contributed by atoms with Crippen LogP contribution in [0, 0.1) is 19.7 Å². The molecule has 4 heterocycles. The van der Waals surface area contributed by atoms with Gasteiger partial charge in [-0.3, -0.25) is 9.55 Å². The van der Waals surface area contributed by atoms with Crippen LogP contribution in [0.3, 0.4) is 0 Å². The zero-order valence-corrected chi connectivity index (χ0v) is 16.6. The van der Waals surface area contributed by atoms with E-state index in [9.17, 15) is 0 Å². The lowest BCUT2D eigenvalue weighted by atomic mass is 10.00. The highest BCUT2D eigenvalue weighted by atomic mass is 19.1. The van der Waals surface area contributed by atoms with E-state index in [0.29, 0.717) is 40.8 Å². The van der Waals surface area contributed by atoms with Gasteiger partial charge in [-0.2, -0.15) is 0 Å². The van der Waals surface area contributed by atoms with Gasteiger partial charge in [-0.15, -0.1) is 0 Å². The minimum absolute atomic E-state index is 0.169. The number of benzene rings is 1. The third-order valence-corrected chi connectivity index (χ3v) is 5.32. The van der Waals surface area contributed by atoms with Crippen molar-refractivity contribution in [1.82, 2.24) is 19.7 Å². The van der Waals surface area contributed by atoms with Crippen molar-refractivity contribution >= 4 is 17.0 Å². The van der Waals surface area contributed by atoms with Crippen molar-refractivity contribution < 1.29 is 13.7 Å². The Labute approximate surface area is 166 Å². The molecule has 1 aliphatic rings. The molecule has 1 aromatic carbocycles. The predicted octanol–water partition coefficient (Wildman–Crippen LogP) is 3.89. The molecule has 29 heavy (non-hydrogen) atoms. The number of hydrogen-bond donors (Lipinski definition) is 0. The summed E-state index contributed by atoms with van der Waals surface area (Å²) in [6.07, 6.45) is 3.53. The first kappa shape index (κ1) is 17.7. The second-order valence-corrected chi connectivity index (χ2v) is 7.42. The van der Waals surface area contributed by atoms with Crippen LogP contribution in [0.5, 0.6) is 5.75 Å². The number of hydrogen-bond acceptors (Lipinski definition) is 6. The molecule has 3 aromatic heterocycles. The Morgan fingerprint density at radius 2 is 2.10 bits per heavy atom. The Morgan fingerprint density at radius 3 is 2.76 bits per heavy atom. The van der Waals surface area contributed by atoms with Crippen LogP contribution in [0.4, 0.5) is 10.3 Å². The molecule has 4 aromatic rings. The smallest absolute Gasteiger partial charge is 0.206 e. The van der Waals surface area contributed by atoms with Gasteiger partial charge in [0.2, 0.25) is 5.95 Å². The Balaban J connectivity index is 1.86. The van der Waals surface area contributed by atoms with Gasteiger partial charge < -0.3 is 14.2 Å². The van der Waals surface area contributed by atoms with E-state index in [-0.39, 0.29) is 11.6 Å². The zero-order valence-electron chi connectivity index (χ0n) is 16.6.